The van der Waals surface area contributed by atoms with Crippen molar-refractivity contribution in [2.45, 2.75) is 6.42 Å². The first-order chi connectivity index (χ1) is 10.2. The van der Waals surface area contributed by atoms with Crippen molar-refractivity contribution in [1.29, 1.82) is 0 Å². The minimum Gasteiger partial charge on any atom is -0.622 e. The van der Waals surface area contributed by atoms with Crippen LogP contribution in [0.1, 0.15) is 11.1 Å². The Hall–Kier alpha value is -2.49. The van der Waals surface area contributed by atoms with Crippen LogP contribution in [0.3, 0.4) is 0 Å². The van der Waals surface area contributed by atoms with Crippen molar-refractivity contribution >= 4 is 11.4 Å². The number of hydrogen-bond acceptors (Lipinski definition) is 3. The van der Waals surface area contributed by atoms with Crippen LogP contribution in [0.4, 0.5) is 5.69 Å². The van der Waals surface area contributed by atoms with E-state index in [0.29, 0.717) is 13.1 Å². The molecule has 3 rings (SSSR count). The fraction of sp³-hybridized carbons (Fsp3) is 0.235. The van der Waals surface area contributed by atoms with E-state index in [1.807, 2.05) is 54.4 Å². The van der Waals surface area contributed by atoms with Gasteiger partial charge in [0, 0.05) is 7.05 Å². The summed E-state index contributed by atoms with van der Waals surface area (Å²) >= 11 is 0. The first-order valence-electron chi connectivity index (χ1n) is 6.93. The van der Waals surface area contributed by atoms with Gasteiger partial charge in [-0.15, -0.1) is 0 Å². The second-order valence-electron chi connectivity index (χ2n) is 5.21. The average molecular weight is 282 g/mol. The number of ether oxygens (including phenoxy) is 1. The number of rotatable bonds is 3. The van der Waals surface area contributed by atoms with Gasteiger partial charge in [-0.05, 0) is 29.8 Å². The van der Waals surface area contributed by atoms with Gasteiger partial charge < -0.3 is 14.8 Å². The van der Waals surface area contributed by atoms with E-state index in [-0.39, 0.29) is 0 Å². The van der Waals surface area contributed by atoms with E-state index < -0.39 is 0 Å². The van der Waals surface area contributed by atoms with Crippen LogP contribution in [0.2, 0.25) is 0 Å². The topological polar surface area (TPSA) is 38.5 Å². The highest BCUT2D eigenvalue weighted by Crippen LogP contribution is 2.25. The van der Waals surface area contributed by atoms with Crippen molar-refractivity contribution in [1.82, 2.24) is 0 Å². The molecule has 0 amide bonds. The second-order valence-corrected chi connectivity index (χ2v) is 5.21. The van der Waals surface area contributed by atoms with E-state index in [2.05, 4.69) is 6.07 Å². The molecule has 0 unspecified atom stereocenters. The number of anilines is 1. The number of benzene rings is 2. The van der Waals surface area contributed by atoms with Crippen LogP contribution in [-0.4, -0.2) is 31.3 Å². The molecule has 0 atom stereocenters. The van der Waals surface area contributed by atoms with Crippen LogP contribution in [0.5, 0.6) is 5.75 Å². The van der Waals surface area contributed by atoms with E-state index >= 15 is 0 Å². The maximum atomic E-state index is 12.3. The minimum absolute atomic E-state index is 0.364. The minimum atomic E-state index is 0.364. The van der Waals surface area contributed by atoms with Gasteiger partial charge in [-0.3, -0.25) is 0 Å². The van der Waals surface area contributed by atoms with Gasteiger partial charge in [0.15, 0.2) is 0 Å². The predicted molar refractivity (Wildman–Crippen MR) is 84.1 cm³/mol. The number of fused-ring (bicyclic) bond motifs is 1. The van der Waals surface area contributed by atoms with Crippen molar-refractivity contribution in [2.75, 3.05) is 25.7 Å². The highest BCUT2D eigenvalue weighted by atomic mass is 16.5. The summed E-state index contributed by atoms with van der Waals surface area (Å²) in [5.41, 5.74) is 4.03. The lowest BCUT2D eigenvalue weighted by molar-refractivity contribution is -0.458. The van der Waals surface area contributed by atoms with E-state index in [9.17, 15) is 5.21 Å². The molecule has 0 spiro atoms. The normalized spacial score (nSPS) is 14.1. The van der Waals surface area contributed by atoms with Gasteiger partial charge in [-0.25, -0.2) is 0 Å². The third-order valence-electron chi connectivity index (χ3n) is 3.80. The van der Waals surface area contributed by atoms with Crippen molar-refractivity contribution in [2.24, 2.45) is 0 Å². The monoisotopic (exact) mass is 282 g/mol. The zero-order chi connectivity index (χ0) is 14.8. The summed E-state index contributed by atoms with van der Waals surface area (Å²) in [4.78, 5) is 1.97. The number of hydrogen-bond donors (Lipinski definition) is 0. The van der Waals surface area contributed by atoms with Crippen molar-refractivity contribution < 1.29 is 9.48 Å². The van der Waals surface area contributed by atoms with Gasteiger partial charge in [0.25, 0.3) is 0 Å². The van der Waals surface area contributed by atoms with Gasteiger partial charge in [0.05, 0.1) is 24.8 Å². The third kappa shape index (κ3) is 2.57. The Balaban J connectivity index is 1.95. The zero-order valence-corrected chi connectivity index (χ0v) is 12.2. The highest BCUT2D eigenvalue weighted by molar-refractivity contribution is 6.04. The standard InChI is InChI=1S/C17H18N2O2/c1-18-12-19(20)17(15-5-3-4-6-16(15)18)11-13-7-9-14(21-2)10-8-13/h3-10H,11-12H2,1-2H3. The summed E-state index contributed by atoms with van der Waals surface area (Å²) in [7, 11) is 3.59. The second kappa shape index (κ2) is 5.48. The first kappa shape index (κ1) is 13.5. The van der Waals surface area contributed by atoms with Gasteiger partial charge >= 0.3 is 0 Å². The Bertz CT molecular complexity index is 677. The van der Waals surface area contributed by atoms with Gasteiger partial charge in [0.2, 0.25) is 12.4 Å². The van der Waals surface area contributed by atoms with Crippen molar-refractivity contribution in [3.63, 3.8) is 0 Å². The fourth-order valence-corrected chi connectivity index (χ4v) is 2.66. The Morgan fingerprint density at radius 1 is 1.14 bits per heavy atom. The summed E-state index contributed by atoms with van der Waals surface area (Å²) in [6, 6.07) is 15.9. The molecule has 4 nitrogen and oxygen atoms in total. The summed E-state index contributed by atoms with van der Waals surface area (Å²) < 4.78 is 6.24. The quantitative estimate of drug-likeness (QED) is 0.641. The predicted octanol–water partition coefficient (Wildman–Crippen LogP) is 2.64. The molecular formula is C17H18N2O2. The van der Waals surface area contributed by atoms with Crippen LogP contribution in [0.15, 0.2) is 48.5 Å². The molecule has 108 valence electrons. The summed E-state index contributed by atoms with van der Waals surface area (Å²) in [6.45, 7) is 0.364. The molecular weight excluding hydrogens is 264 g/mol. The molecule has 0 fully saturated rings. The molecule has 2 aromatic rings. The molecule has 1 aliphatic rings. The summed E-state index contributed by atoms with van der Waals surface area (Å²) in [5.74, 6) is 0.825. The molecule has 21 heavy (non-hydrogen) atoms. The van der Waals surface area contributed by atoms with Crippen LogP contribution < -0.4 is 9.64 Å². The van der Waals surface area contributed by atoms with Crippen LogP contribution >= 0.6 is 0 Å². The van der Waals surface area contributed by atoms with E-state index in [1.54, 1.807) is 7.11 Å². The lowest BCUT2D eigenvalue weighted by atomic mass is 9.99. The average Bonchev–Trinajstić information content (AvgIpc) is 2.52. The lowest BCUT2D eigenvalue weighted by Gasteiger charge is -2.27. The molecule has 0 aromatic heterocycles. The lowest BCUT2D eigenvalue weighted by Crippen LogP contribution is -2.37. The molecule has 0 saturated heterocycles. The number of methoxy groups -OCH3 is 1. The van der Waals surface area contributed by atoms with Crippen LogP contribution in [0, 0.1) is 5.21 Å². The smallest absolute Gasteiger partial charge is 0.229 e. The molecule has 0 radical (unpaired) electrons. The molecule has 0 saturated carbocycles. The maximum Gasteiger partial charge on any atom is 0.229 e. The molecule has 0 aliphatic carbocycles. The Morgan fingerprint density at radius 2 is 1.86 bits per heavy atom. The first-order valence-corrected chi connectivity index (χ1v) is 6.93. The van der Waals surface area contributed by atoms with Crippen LogP contribution in [-0.2, 0) is 6.42 Å². The molecule has 1 heterocycles. The third-order valence-corrected chi connectivity index (χ3v) is 3.80. The Morgan fingerprint density at radius 3 is 2.57 bits per heavy atom. The van der Waals surface area contributed by atoms with Gasteiger partial charge in [-0.1, -0.05) is 24.3 Å². The molecule has 2 aromatic carbocycles. The fourth-order valence-electron chi connectivity index (χ4n) is 2.66. The van der Waals surface area contributed by atoms with Crippen molar-refractivity contribution in [3.8, 4) is 5.75 Å². The van der Waals surface area contributed by atoms with E-state index in [1.165, 1.54) is 0 Å². The summed E-state index contributed by atoms with van der Waals surface area (Å²) in [5, 5.41) is 12.3. The maximum absolute atomic E-state index is 12.3. The molecule has 1 aliphatic heterocycles. The molecule has 0 bridgehead atoms. The zero-order valence-electron chi connectivity index (χ0n) is 12.2. The Kier molecular flexibility index (Phi) is 3.52. The van der Waals surface area contributed by atoms with Gasteiger partial charge in [-0.2, -0.15) is 4.74 Å². The van der Waals surface area contributed by atoms with Crippen molar-refractivity contribution in [3.05, 3.63) is 64.9 Å². The number of nitrogens with zero attached hydrogens (tertiary/aromatic N) is 2. The van der Waals surface area contributed by atoms with Gasteiger partial charge in [0.1, 0.15) is 5.75 Å². The van der Waals surface area contributed by atoms with E-state index in [4.69, 9.17) is 4.74 Å². The highest BCUT2D eigenvalue weighted by Gasteiger charge is 2.25. The SMILES string of the molecule is COc1ccc(CC2=[N+]([O-])CN(C)c3ccccc32)cc1. The largest absolute Gasteiger partial charge is 0.622 e. The summed E-state index contributed by atoms with van der Waals surface area (Å²) in [6.07, 6.45) is 0.623. The molecule has 0 N–H and O–H groups in total. The Labute approximate surface area is 124 Å². The number of para-hydroxylation sites is 1. The molecule has 4 heteroatoms. The van der Waals surface area contributed by atoms with E-state index in [0.717, 1.165) is 33.0 Å². The number of hydroxylamine groups is 1. The van der Waals surface area contributed by atoms with Crippen LogP contribution in [0.25, 0.3) is 0 Å².